The Morgan fingerprint density at radius 1 is 1.27 bits per heavy atom. The zero-order valence-corrected chi connectivity index (χ0v) is 29.2. The van der Waals surface area contributed by atoms with Gasteiger partial charge in [0.15, 0.2) is 5.82 Å². The lowest BCUT2D eigenvalue weighted by molar-refractivity contribution is 0.102. The van der Waals surface area contributed by atoms with Crippen molar-refractivity contribution in [1.82, 2.24) is 14.8 Å². The normalized spacial score (nSPS) is 26.1. The van der Waals surface area contributed by atoms with Crippen LogP contribution in [-0.2, 0) is 11.2 Å². The number of halogens is 2. The summed E-state index contributed by atoms with van der Waals surface area (Å²) in [4.78, 5) is 33.1. The number of amides is 2. The van der Waals surface area contributed by atoms with Crippen LogP contribution in [0.3, 0.4) is 0 Å². The van der Waals surface area contributed by atoms with E-state index in [1.807, 2.05) is 12.3 Å². The maximum absolute atomic E-state index is 15.9. The van der Waals surface area contributed by atoms with Crippen molar-refractivity contribution < 1.29 is 23.8 Å². The molecule has 2 amide bonds. The average Bonchev–Trinajstić information content (AvgIpc) is 3.31. The summed E-state index contributed by atoms with van der Waals surface area (Å²) in [5, 5.41) is 23.6. The third-order valence-corrected chi connectivity index (χ3v) is 12.8. The van der Waals surface area contributed by atoms with Gasteiger partial charge in [-0.1, -0.05) is 31.5 Å². The maximum atomic E-state index is 15.9. The third kappa shape index (κ3) is 6.11. The number of hydrogen-bond acceptors (Lipinski definition) is 7. The van der Waals surface area contributed by atoms with Crippen LogP contribution in [0.5, 0.6) is 0 Å². The molecular weight excluding hydrogens is 677 g/mol. The zero-order valence-electron chi connectivity index (χ0n) is 25.8. The Morgan fingerprint density at radius 3 is 2.69 bits per heavy atom. The van der Waals surface area contributed by atoms with E-state index in [1.54, 1.807) is 4.90 Å². The summed E-state index contributed by atoms with van der Waals surface area (Å²) in [6.45, 7) is 7.61. The van der Waals surface area contributed by atoms with Crippen molar-refractivity contribution in [2.24, 2.45) is 11.8 Å². The van der Waals surface area contributed by atoms with Gasteiger partial charge >= 0.3 is 12.2 Å². The van der Waals surface area contributed by atoms with Gasteiger partial charge in [-0.3, -0.25) is 4.90 Å². The number of piperidine rings is 1. The van der Waals surface area contributed by atoms with Gasteiger partial charge in [-0.05, 0) is 71.5 Å². The van der Waals surface area contributed by atoms with Gasteiger partial charge in [0.2, 0.25) is 0 Å². The molecule has 9 nitrogen and oxygen atoms in total. The Hall–Kier alpha value is -3.00. The third-order valence-electron chi connectivity index (χ3n) is 9.51. The van der Waals surface area contributed by atoms with Gasteiger partial charge < -0.3 is 20.1 Å². The molecule has 5 fully saturated rings. The van der Waals surface area contributed by atoms with E-state index in [2.05, 4.69) is 58.8 Å². The number of nitrogens with zero attached hydrogens (tertiary/aromatic N) is 4. The molecule has 6 atom stereocenters. The second-order valence-electron chi connectivity index (χ2n) is 13.7. The lowest BCUT2D eigenvalue weighted by atomic mass is 9.79. The Morgan fingerprint density at radius 2 is 2.02 bits per heavy atom. The van der Waals surface area contributed by atoms with Crippen LogP contribution < -0.4 is 5.32 Å². The summed E-state index contributed by atoms with van der Waals surface area (Å²) in [6.07, 6.45) is 3.71. The first-order valence-corrected chi connectivity index (χ1v) is 21.1. The van der Waals surface area contributed by atoms with Gasteiger partial charge in [0, 0.05) is 38.4 Å². The quantitative estimate of drug-likeness (QED) is 0.175. The van der Waals surface area contributed by atoms with Crippen molar-refractivity contribution in [3.8, 4) is 17.9 Å². The topological polar surface area (TPSA) is 119 Å². The molecule has 238 valence electrons. The molecule has 2 aromatic rings. The number of carbonyl (C=O) groups excluding carboxylic acids is 1. The van der Waals surface area contributed by atoms with Crippen molar-refractivity contribution in [2.75, 3.05) is 24.7 Å². The molecule has 45 heavy (non-hydrogen) atoms. The van der Waals surface area contributed by atoms with Gasteiger partial charge in [0.1, 0.15) is 10.5 Å². The Bertz CT molecular complexity index is 1670. The van der Waals surface area contributed by atoms with Crippen molar-refractivity contribution in [2.45, 2.75) is 87.0 Å². The highest BCUT2D eigenvalue weighted by atomic mass is 79.9. The summed E-state index contributed by atoms with van der Waals surface area (Å²) in [5.41, 5.74) is 2.04. The van der Waals surface area contributed by atoms with Gasteiger partial charge in [-0.2, -0.15) is 5.26 Å². The number of aromatic nitrogens is 1. The van der Waals surface area contributed by atoms with Crippen LogP contribution in [0.2, 0.25) is 25.7 Å². The van der Waals surface area contributed by atoms with Gasteiger partial charge in [-0.25, -0.2) is 19.0 Å². The lowest BCUT2D eigenvalue weighted by Gasteiger charge is -2.37. The SMILES string of the molecule is CSc1nc2c(F)c(Br)c(CCC#N)cc2c(N[C@H]2[C@@H]3C[C@H]2N(C(=O)O)C3)c1C#C[C@H]1C[C@H]2C[C@H]2N1C(=O)OCC[Si](C)(C)C. The first-order valence-electron chi connectivity index (χ1n) is 15.4. The molecule has 3 saturated heterocycles. The summed E-state index contributed by atoms with van der Waals surface area (Å²) in [5.74, 6) is 6.76. The zero-order chi connectivity index (χ0) is 32.2. The minimum absolute atomic E-state index is 0.134. The Labute approximate surface area is 276 Å². The highest BCUT2D eigenvalue weighted by molar-refractivity contribution is 9.10. The van der Waals surface area contributed by atoms with Crippen LogP contribution in [0.4, 0.5) is 19.7 Å². The summed E-state index contributed by atoms with van der Waals surface area (Å²) >= 11 is 4.75. The van der Waals surface area contributed by atoms with E-state index in [-0.39, 0.29) is 52.6 Å². The van der Waals surface area contributed by atoms with E-state index >= 15 is 4.39 Å². The Balaban J connectivity index is 1.40. The molecule has 7 rings (SSSR count). The predicted octanol–water partition coefficient (Wildman–Crippen LogP) is 6.77. The fraction of sp³-hybridized carbons (Fsp3) is 0.562. The monoisotopic (exact) mass is 713 g/mol. The summed E-state index contributed by atoms with van der Waals surface area (Å²) < 4.78 is 21.9. The molecule has 0 unspecified atom stereocenters. The van der Waals surface area contributed by atoms with Crippen LogP contribution >= 0.6 is 27.7 Å². The fourth-order valence-corrected chi connectivity index (χ4v) is 8.65. The number of rotatable bonds is 8. The van der Waals surface area contributed by atoms with E-state index in [0.29, 0.717) is 52.7 Å². The van der Waals surface area contributed by atoms with Crippen molar-refractivity contribution >= 4 is 64.5 Å². The van der Waals surface area contributed by atoms with Gasteiger partial charge in [0.05, 0.1) is 46.5 Å². The van der Waals surface area contributed by atoms with Crippen molar-refractivity contribution in [3.63, 3.8) is 0 Å². The van der Waals surface area contributed by atoms with Crippen LogP contribution in [0.15, 0.2) is 15.6 Å². The number of hydrogen-bond donors (Lipinski definition) is 2. The number of ether oxygens (including phenoxy) is 1. The second kappa shape index (κ2) is 12.3. The number of pyridine rings is 1. The standard InChI is InChI=1S/C32H37BrFN5O4SSi/c1-44-30-21(8-7-20-12-18-14-23(18)39(20)32(42)43-10-11-45(2,3)4)28(36-27-19-15-24(27)38(16-19)31(40)41)22-13-17(6-5-9-35)25(33)26(34)29(22)37-30/h13,18-20,23-24,27H,5-6,10-12,14-16H2,1-4H3,(H,36,37)(H,40,41)/t18-,19+,20-,23+,24+,27-/m0/s1. The van der Waals surface area contributed by atoms with Crippen LogP contribution in [0.1, 0.15) is 36.8 Å². The number of carbonyl (C=O) groups is 2. The molecule has 3 aliphatic heterocycles. The number of benzene rings is 1. The van der Waals surface area contributed by atoms with E-state index in [0.717, 1.165) is 25.3 Å². The van der Waals surface area contributed by atoms with Crippen molar-refractivity contribution in [1.29, 1.82) is 5.26 Å². The maximum Gasteiger partial charge on any atom is 0.411 e. The van der Waals surface area contributed by atoms with Crippen LogP contribution in [0, 0.1) is 40.8 Å². The fourth-order valence-electron chi connectivity index (χ4n) is 6.90. The van der Waals surface area contributed by atoms with E-state index in [1.165, 1.54) is 16.7 Å². The molecule has 2 bridgehead atoms. The van der Waals surface area contributed by atoms with E-state index in [9.17, 15) is 20.0 Å². The number of nitrogens with one attached hydrogen (secondary N) is 1. The van der Waals surface area contributed by atoms with Gasteiger partial charge in [0.25, 0.3) is 0 Å². The largest absolute Gasteiger partial charge is 0.465 e. The molecule has 5 aliphatic rings. The number of thioether (sulfide) groups is 1. The smallest absolute Gasteiger partial charge is 0.411 e. The van der Waals surface area contributed by atoms with Crippen molar-refractivity contribution in [3.05, 3.63) is 27.5 Å². The van der Waals surface area contributed by atoms with E-state index < -0.39 is 20.0 Å². The molecule has 2 aliphatic carbocycles. The molecule has 1 aromatic heterocycles. The van der Waals surface area contributed by atoms with Gasteiger partial charge in [-0.15, -0.1) is 11.8 Å². The molecule has 0 radical (unpaired) electrons. The first kappa shape index (κ1) is 32.0. The number of aryl methyl sites for hydroxylation is 1. The Kier molecular flexibility index (Phi) is 8.74. The molecule has 1 aromatic carbocycles. The lowest BCUT2D eigenvalue weighted by Crippen LogP contribution is -2.49. The minimum Gasteiger partial charge on any atom is -0.465 e. The molecule has 2 saturated carbocycles. The van der Waals surface area contributed by atoms with Crippen LogP contribution in [0.25, 0.3) is 10.9 Å². The van der Waals surface area contributed by atoms with Crippen LogP contribution in [-0.4, -0.2) is 83.7 Å². The number of anilines is 1. The second-order valence-corrected chi connectivity index (χ2v) is 20.9. The molecular formula is C32H37BrFN5O4SSi. The summed E-state index contributed by atoms with van der Waals surface area (Å²) in [7, 11) is -1.35. The molecule has 2 N–H and O–H groups in total. The minimum atomic E-state index is -1.35. The molecule has 13 heteroatoms. The number of fused-ring (bicyclic) bond motifs is 3. The highest BCUT2D eigenvalue weighted by Crippen LogP contribution is 2.48. The number of carboxylic acid groups (broad SMARTS) is 1. The number of nitriles is 1. The highest BCUT2D eigenvalue weighted by Gasteiger charge is 2.55. The van der Waals surface area contributed by atoms with E-state index in [4.69, 9.17) is 9.72 Å². The molecule has 0 spiro atoms. The summed E-state index contributed by atoms with van der Waals surface area (Å²) in [6, 6.07) is 4.40. The molecule has 4 heterocycles. The first-order chi connectivity index (χ1) is 21.4. The number of likely N-dealkylation sites (tertiary alicyclic amines) is 1. The average molecular weight is 715 g/mol. The predicted molar refractivity (Wildman–Crippen MR) is 178 cm³/mol.